The van der Waals surface area contributed by atoms with Gasteiger partial charge in [-0.05, 0) is 76.2 Å². The number of carboxylic acids is 1. The number of rotatable bonds is 8. The Kier molecular flexibility index (Phi) is 9.73. The van der Waals surface area contributed by atoms with Crippen LogP contribution in [-0.4, -0.2) is 78.4 Å². The molecule has 0 aliphatic carbocycles. The Morgan fingerprint density at radius 2 is 1.68 bits per heavy atom. The Morgan fingerprint density at radius 3 is 2.29 bits per heavy atom. The van der Waals surface area contributed by atoms with Crippen LogP contribution in [0.5, 0.6) is 0 Å². The van der Waals surface area contributed by atoms with Crippen molar-refractivity contribution in [1.82, 2.24) is 19.7 Å². The summed E-state index contributed by atoms with van der Waals surface area (Å²) in [5.74, 6) is 5.20. The first kappa shape index (κ1) is 30.1. The Morgan fingerprint density at radius 1 is 1.05 bits per heavy atom. The molecule has 2 atom stereocenters. The fourth-order valence-electron chi connectivity index (χ4n) is 4.87. The van der Waals surface area contributed by atoms with E-state index >= 15 is 0 Å². The van der Waals surface area contributed by atoms with Crippen molar-refractivity contribution in [2.75, 3.05) is 31.1 Å². The van der Waals surface area contributed by atoms with E-state index in [0.29, 0.717) is 31.7 Å². The maximum absolute atomic E-state index is 12.8. The monoisotopic (exact) mass is 576 g/mol. The Balaban J connectivity index is 1.44. The van der Waals surface area contributed by atoms with Gasteiger partial charge in [-0.25, -0.2) is 5.01 Å². The Labute approximate surface area is 242 Å². The van der Waals surface area contributed by atoms with Crippen molar-refractivity contribution in [1.29, 1.82) is 0 Å². The van der Waals surface area contributed by atoms with Gasteiger partial charge in [0.1, 0.15) is 0 Å². The summed E-state index contributed by atoms with van der Waals surface area (Å²) in [5, 5.41) is 14.4. The maximum atomic E-state index is 12.8. The fourth-order valence-corrected chi connectivity index (χ4v) is 5.59. The molecule has 1 aromatic heterocycles. The number of carbonyl (C=O) groups excluding carboxylic acids is 1. The van der Waals surface area contributed by atoms with E-state index in [1.807, 2.05) is 63.2 Å². The van der Waals surface area contributed by atoms with Crippen LogP contribution >= 0.6 is 0 Å². The minimum Gasteiger partial charge on any atom is -0.759 e. The SMILES string of the molecule is Cc1cc(C(=O)NC(C)C)c2cc(C#Cc3ccc(N4CCN(N(C(C)CC(=O)O)S(=O)[O-])CC4)cc3)ccc2n1. The average molecular weight is 577 g/mol. The number of amides is 1. The molecule has 3 aromatic rings. The number of carbonyl (C=O) groups is 2. The van der Waals surface area contributed by atoms with E-state index in [0.717, 1.165) is 37.8 Å². The van der Waals surface area contributed by atoms with Crippen molar-refractivity contribution < 1.29 is 23.5 Å². The summed E-state index contributed by atoms with van der Waals surface area (Å²) >= 11 is -2.55. The van der Waals surface area contributed by atoms with Crippen LogP contribution in [0.1, 0.15) is 54.4 Å². The molecule has 216 valence electrons. The van der Waals surface area contributed by atoms with Crippen LogP contribution in [0.2, 0.25) is 0 Å². The van der Waals surface area contributed by atoms with Crippen LogP contribution in [0.4, 0.5) is 5.69 Å². The number of hydrazine groups is 1. The summed E-state index contributed by atoms with van der Waals surface area (Å²) in [6, 6.07) is 14.7. The highest BCUT2D eigenvalue weighted by Gasteiger charge is 2.28. The zero-order valence-electron chi connectivity index (χ0n) is 23.6. The molecule has 0 spiro atoms. The minimum absolute atomic E-state index is 0.0198. The third-order valence-corrected chi connectivity index (χ3v) is 7.62. The maximum Gasteiger partial charge on any atom is 0.305 e. The van der Waals surface area contributed by atoms with Gasteiger partial charge in [0.05, 0.1) is 17.5 Å². The van der Waals surface area contributed by atoms with E-state index in [1.54, 1.807) is 18.0 Å². The van der Waals surface area contributed by atoms with Gasteiger partial charge >= 0.3 is 5.97 Å². The minimum atomic E-state index is -2.55. The topological polar surface area (TPSA) is 129 Å². The molecule has 1 aliphatic heterocycles. The van der Waals surface area contributed by atoms with Crippen LogP contribution < -0.4 is 10.2 Å². The van der Waals surface area contributed by atoms with Crippen LogP contribution in [0.3, 0.4) is 0 Å². The number of aromatic nitrogens is 1. The molecule has 0 saturated carbocycles. The summed E-state index contributed by atoms with van der Waals surface area (Å²) in [4.78, 5) is 30.6. The molecule has 2 N–H and O–H groups in total. The Hall–Kier alpha value is -3.82. The molecule has 2 unspecified atom stereocenters. The first-order valence-corrected chi connectivity index (χ1v) is 14.5. The number of anilines is 1. The number of hydrogen-bond donors (Lipinski definition) is 2. The highest BCUT2D eigenvalue weighted by atomic mass is 32.2. The van der Waals surface area contributed by atoms with Gasteiger partial charge in [0.2, 0.25) is 0 Å². The molecule has 0 bridgehead atoms. The zero-order valence-corrected chi connectivity index (χ0v) is 24.4. The summed E-state index contributed by atoms with van der Waals surface area (Å²) in [5.41, 5.74) is 4.71. The molecule has 2 aromatic carbocycles. The number of benzene rings is 2. The standard InChI is InChI=1S/C30H35N5O5S/c1-20(2)31-30(38)27-17-21(3)32-28-12-9-24(19-26(27)28)6-5-23-7-10-25(11-8-23)33-13-15-34(16-14-33)35(41(39)40)22(4)18-29(36)37/h7-12,17,19-20,22H,13-16,18H2,1-4H3,(H,31,38)(H,36,37)(H,39,40)/p-1. The number of nitrogens with zero attached hydrogens (tertiary/aromatic N) is 4. The van der Waals surface area contributed by atoms with Crippen LogP contribution in [0.15, 0.2) is 48.5 Å². The molecule has 1 aliphatic rings. The van der Waals surface area contributed by atoms with E-state index in [1.165, 1.54) is 0 Å². The number of nitrogens with one attached hydrogen (secondary N) is 1. The van der Waals surface area contributed by atoms with Crippen molar-refractivity contribution in [3.8, 4) is 11.8 Å². The lowest BCUT2D eigenvalue weighted by Gasteiger charge is -2.44. The number of carboxylic acid groups (broad SMARTS) is 1. The third kappa shape index (κ3) is 7.68. The van der Waals surface area contributed by atoms with E-state index in [4.69, 9.17) is 5.11 Å². The van der Waals surface area contributed by atoms with Crippen molar-refractivity contribution >= 4 is 39.7 Å². The number of hydrogen-bond acceptors (Lipinski definition) is 7. The summed E-state index contributed by atoms with van der Waals surface area (Å²) in [7, 11) is 0. The van der Waals surface area contributed by atoms with E-state index in [9.17, 15) is 18.4 Å². The highest BCUT2D eigenvalue weighted by molar-refractivity contribution is 7.76. The van der Waals surface area contributed by atoms with E-state index in [2.05, 4.69) is 27.0 Å². The van der Waals surface area contributed by atoms with Crippen molar-refractivity contribution in [3.05, 3.63) is 70.9 Å². The molecular weight excluding hydrogens is 542 g/mol. The normalized spacial score (nSPS) is 15.4. The van der Waals surface area contributed by atoms with Gasteiger partial charge in [0.25, 0.3) is 5.91 Å². The molecule has 0 radical (unpaired) electrons. The fraction of sp³-hybridized carbons (Fsp3) is 0.367. The second-order valence-corrected chi connectivity index (χ2v) is 11.2. The molecule has 1 fully saturated rings. The van der Waals surface area contributed by atoms with Crippen molar-refractivity contribution in [2.24, 2.45) is 0 Å². The molecule has 4 rings (SSSR count). The van der Waals surface area contributed by atoms with Gasteiger partial charge < -0.3 is 19.9 Å². The van der Waals surface area contributed by atoms with Gasteiger partial charge in [0, 0.05) is 77.4 Å². The lowest BCUT2D eigenvalue weighted by molar-refractivity contribution is -0.139. The van der Waals surface area contributed by atoms with Gasteiger partial charge in [-0.1, -0.05) is 11.8 Å². The molecule has 10 nitrogen and oxygen atoms in total. The van der Waals surface area contributed by atoms with Gasteiger partial charge in [-0.2, -0.15) is 4.41 Å². The largest absolute Gasteiger partial charge is 0.759 e. The van der Waals surface area contributed by atoms with Gasteiger partial charge in [-0.3, -0.25) is 18.8 Å². The molecule has 2 heterocycles. The highest BCUT2D eigenvalue weighted by Crippen LogP contribution is 2.22. The average Bonchev–Trinajstić information content (AvgIpc) is 2.91. The summed E-state index contributed by atoms with van der Waals surface area (Å²) < 4.78 is 24.7. The predicted molar refractivity (Wildman–Crippen MR) is 158 cm³/mol. The molecule has 1 saturated heterocycles. The zero-order chi connectivity index (χ0) is 29.7. The van der Waals surface area contributed by atoms with Crippen molar-refractivity contribution in [3.63, 3.8) is 0 Å². The molecule has 11 heteroatoms. The first-order chi connectivity index (χ1) is 19.5. The summed E-state index contributed by atoms with van der Waals surface area (Å²) in [6.45, 7) is 9.40. The van der Waals surface area contributed by atoms with E-state index in [-0.39, 0.29) is 18.4 Å². The number of aryl methyl sites for hydroxylation is 1. The smallest absolute Gasteiger partial charge is 0.305 e. The number of piperazine rings is 1. The van der Waals surface area contributed by atoms with Gasteiger partial charge in [-0.15, -0.1) is 0 Å². The van der Waals surface area contributed by atoms with E-state index < -0.39 is 23.3 Å². The lowest BCUT2D eigenvalue weighted by Crippen LogP contribution is -2.57. The lowest BCUT2D eigenvalue weighted by atomic mass is 10.0. The third-order valence-electron chi connectivity index (χ3n) is 6.72. The van der Waals surface area contributed by atoms with Crippen molar-refractivity contribution in [2.45, 2.75) is 46.2 Å². The second kappa shape index (κ2) is 13.2. The molecular formula is C30H34N5O5S-. The molecule has 41 heavy (non-hydrogen) atoms. The predicted octanol–water partition coefficient (Wildman–Crippen LogP) is 3.08. The molecule has 1 amide bonds. The van der Waals surface area contributed by atoms with Crippen LogP contribution in [-0.2, 0) is 16.1 Å². The van der Waals surface area contributed by atoms with Gasteiger partial charge in [0.15, 0.2) is 0 Å². The van der Waals surface area contributed by atoms with Crippen LogP contribution in [0, 0.1) is 18.8 Å². The first-order valence-electron chi connectivity index (χ1n) is 13.5. The second-order valence-electron chi connectivity index (χ2n) is 10.4. The Bertz CT molecular complexity index is 1510. The number of fused-ring (bicyclic) bond motifs is 1. The number of aliphatic carboxylic acids is 1. The van der Waals surface area contributed by atoms with Crippen LogP contribution in [0.25, 0.3) is 10.9 Å². The number of pyridine rings is 1. The summed E-state index contributed by atoms with van der Waals surface area (Å²) in [6.07, 6.45) is -0.263. The quantitative estimate of drug-likeness (QED) is 0.309.